The van der Waals surface area contributed by atoms with Gasteiger partial charge in [0, 0.05) is 17.6 Å². The van der Waals surface area contributed by atoms with E-state index >= 15 is 0 Å². The number of carboxylic acid groups (broad SMARTS) is 1. The largest absolute Gasteiger partial charge is 0.478 e. The molecule has 8 heteroatoms. The van der Waals surface area contributed by atoms with Crippen molar-refractivity contribution in [3.8, 4) is 0 Å². The van der Waals surface area contributed by atoms with E-state index in [4.69, 9.17) is 28.3 Å². The Morgan fingerprint density at radius 1 is 1.42 bits per heavy atom. The highest BCUT2D eigenvalue weighted by atomic mass is 35.5. The number of carbonyl (C=O) groups is 1. The molecule has 1 rings (SSSR count). The lowest BCUT2D eigenvalue weighted by molar-refractivity contribution is -0.131. The second-order valence-corrected chi connectivity index (χ2v) is 6.10. The van der Waals surface area contributed by atoms with E-state index < -0.39 is 16.0 Å². The van der Waals surface area contributed by atoms with Crippen molar-refractivity contribution in [2.24, 2.45) is 0 Å². The topological polar surface area (TPSA) is 83.5 Å². The van der Waals surface area contributed by atoms with E-state index in [-0.39, 0.29) is 16.5 Å². The zero-order valence-corrected chi connectivity index (χ0v) is 12.2. The third-order valence-electron chi connectivity index (χ3n) is 2.23. The van der Waals surface area contributed by atoms with Gasteiger partial charge >= 0.3 is 5.97 Å². The Morgan fingerprint density at radius 3 is 2.63 bits per heavy atom. The second kappa shape index (κ2) is 6.38. The van der Waals surface area contributed by atoms with Crippen molar-refractivity contribution in [2.45, 2.75) is 11.8 Å². The molecule has 0 saturated carbocycles. The van der Waals surface area contributed by atoms with Crippen molar-refractivity contribution in [1.82, 2.24) is 4.72 Å². The molecule has 0 saturated heterocycles. The SMILES string of the molecule is Cc1c(Cl)ccc(S(=O)(=O)NCC=CC(=O)O)c1Cl. The zero-order chi connectivity index (χ0) is 14.6. The van der Waals surface area contributed by atoms with Crippen LogP contribution in [-0.2, 0) is 14.8 Å². The van der Waals surface area contributed by atoms with Crippen LogP contribution in [0.3, 0.4) is 0 Å². The molecule has 0 aliphatic rings. The van der Waals surface area contributed by atoms with Crippen LogP contribution in [0.2, 0.25) is 10.0 Å². The number of hydrogen-bond acceptors (Lipinski definition) is 3. The van der Waals surface area contributed by atoms with Gasteiger partial charge in [-0.05, 0) is 24.6 Å². The highest BCUT2D eigenvalue weighted by Crippen LogP contribution is 2.29. The third kappa shape index (κ3) is 4.21. The quantitative estimate of drug-likeness (QED) is 0.814. The van der Waals surface area contributed by atoms with Gasteiger partial charge in [0.2, 0.25) is 10.0 Å². The van der Waals surface area contributed by atoms with Gasteiger partial charge in [0.05, 0.1) is 5.02 Å². The highest BCUT2D eigenvalue weighted by molar-refractivity contribution is 7.89. The van der Waals surface area contributed by atoms with Crippen molar-refractivity contribution in [3.05, 3.63) is 39.9 Å². The molecule has 0 fully saturated rings. The first-order chi connectivity index (χ1) is 8.75. The minimum Gasteiger partial charge on any atom is -0.478 e. The van der Waals surface area contributed by atoms with Crippen LogP contribution in [0.4, 0.5) is 0 Å². The second-order valence-electron chi connectivity index (χ2n) is 3.58. The summed E-state index contributed by atoms with van der Waals surface area (Å²) in [5.41, 5.74) is 0.465. The maximum absolute atomic E-state index is 11.9. The molecule has 0 heterocycles. The smallest absolute Gasteiger partial charge is 0.328 e. The van der Waals surface area contributed by atoms with Gasteiger partial charge in [0.25, 0.3) is 0 Å². The van der Waals surface area contributed by atoms with E-state index in [2.05, 4.69) is 4.72 Å². The van der Waals surface area contributed by atoms with E-state index in [1.165, 1.54) is 18.2 Å². The number of hydrogen-bond donors (Lipinski definition) is 2. The fourth-order valence-corrected chi connectivity index (χ4v) is 3.02. The Balaban J connectivity index is 2.96. The molecule has 0 radical (unpaired) electrons. The molecule has 0 aliphatic carbocycles. The average Bonchev–Trinajstić information content (AvgIpc) is 2.31. The summed E-state index contributed by atoms with van der Waals surface area (Å²) < 4.78 is 26.1. The number of halogens is 2. The summed E-state index contributed by atoms with van der Waals surface area (Å²) >= 11 is 11.8. The molecule has 0 atom stereocenters. The molecule has 5 nitrogen and oxygen atoms in total. The minimum atomic E-state index is -3.81. The predicted octanol–water partition coefficient (Wildman–Crippen LogP) is 2.22. The molecular weight excluding hydrogens is 313 g/mol. The van der Waals surface area contributed by atoms with Gasteiger partial charge in [-0.15, -0.1) is 0 Å². The lowest BCUT2D eigenvalue weighted by Gasteiger charge is -2.09. The number of benzene rings is 1. The number of nitrogens with one attached hydrogen (secondary N) is 1. The fourth-order valence-electron chi connectivity index (χ4n) is 1.24. The van der Waals surface area contributed by atoms with Crippen molar-refractivity contribution >= 4 is 39.2 Å². The Bertz CT molecular complexity index is 626. The lowest BCUT2D eigenvalue weighted by atomic mass is 10.2. The standard InChI is InChI=1S/C11H11Cl2NO4S/c1-7-8(12)4-5-9(11(7)13)19(17,18)14-6-2-3-10(15)16/h2-5,14H,6H2,1H3,(H,15,16). The number of carboxylic acids is 1. The molecular formula is C11H11Cl2NO4S. The Kier molecular flexibility index (Phi) is 5.37. The Morgan fingerprint density at radius 2 is 2.05 bits per heavy atom. The highest BCUT2D eigenvalue weighted by Gasteiger charge is 2.19. The minimum absolute atomic E-state index is 0.0437. The van der Waals surface area contributed by atoms with Gasteiger partial charge in [-0.2, -0.15) is 0 Å². The van der Waals surface area contributed by atoms with Crippen LogP contribution in [0.25, 0.3) is 0 Å². The van der Waals surface area contributed by atoms with Crippen LogP contribution in [0, 0.1) is 6.92 Å². The molecule has 104 valence electrons. The summed E-state index contributed by atoms with van der Waals surface area (Å²) in [6.45, 7) is 1.46. The van der Waals surface area contributed by atoms with Crippen LogP contribution < -0.4 is 4.72 Å². The van der Waals surface area contributed by atoms with Crippen LogP contribution >= 0.6 is 23.2 Å². The number of aliphatic carboxylic acids is 1. The summed E-state index contributed by atoms with van der Waals surface area (Å²) in [5.74, 6) is -1.15. The molecule has 19 heavy (non-hydrogen) atoms. The molecule has 0 aromatic heterocycles. The molecule has 0 amide bonds. The van der Waals surface area contributed by atoms with Gasteiger partial charge in [0.15, 0.2) is 0 Å². The molecule has 2 N–H and O–H groups in total. The molecule has 0 bridgehead atoms. The van der Waals surface area contributed by atoms with Gasteiger partial charge in [-0.3, -0.25) is 0 Å². The van der Waals surface area contributed by atoms with Crippen LogP contribution in [0.5, 0.6) is 0 Å². The van der Waals surface area contributed by atoms with Gasteiger partial charge in [-0.1, -0.05) is 29.3 Å². The monoisotopic (exact) mass is 323 g/mol. The number of rotatable bonds is 5. The van der Waals surface area contributed by atoms with E-state index in [0.717, 1.165) is 6.08 Å². The van der Waals surface area contributed by atoms with Gasteiger partial charge in [0.1, 0.15) is 4.90 Å². The van der Waals surface area contributed by atoms with Gasteiger partial charge < -0.3 is 5.11 Å². The summed E-state index contributed by atoms with van der Waals surface area (Å²) in [4.78, 5) is 10.1. The molecule has 1 aromatic carbocycles. The van der Waals surface area contributed by atoms with E-state index in [9.17, 15) is 13.2 Å². The summed E-state index contributed by atoms with van der Waals surface area (Å²) in [6.07, 6.45) is 2.02. The normalized spacial score (nSPS) is 11.9. The predicted molar refractivity (Wildman–Crippen MR) is 73.2 cm³/mol. The number of sulfonamides is 1. The average molecular weight is 324 g/mol. The lowest BCUT2D eigenvalue weighted by Crippen LogP contribution is -2.24. The first-order valence-corrected chi connectivity index (χ1v) is 7.33. The van der Waals surface area contributed by atoms with Crippen LogP contribution in [-0.4, -0.2) is 26.0 Å². The zero-order valence-electron chi connectivity index (χ0n) is 9.85. The molecule has 0 spiro atoms. The fraction of sp³-hybridized carbons (Fsp3) is 0.182. The van der Waals surface area contributed by atoms with Crippen LogP contribution in [0.15, 0.2) is 29.2 Å². The van der Waals surface area contributed by atoms with E-state index in [0.29, 0.717) is 10.6 Å². The summed E-state index contributed by atoms with van der Waals surface area (Å²) in [6, 6.07) is 2.73. The van der Waals surface area contributed by atoms with Gasteiger partial charge in [-0.25, -0.2) is 17.9 Å². The maximum Gasteiger partial charge on any atom is 0.328 e. The van der Waals surface area contributed by atoms with Crippen molar-refractivity contribution in [2.75, 3.05) is 6.54 Å². The first-order valence-electron chi connectivity index (χ1n) is 5.09. The maximum atomic E-state index is 11.9. The van der Waals surface area contributed by atoms with Crippen molar-refractivity contribution in [3.63, 3.8) is 0 Å². The van der Waals surface area contributed by atoms with Crippen LogP contribution in [0.1, 0.15) is 5.56 Å². The van der Waals surface area contributed by atoms with E-state index in [1.54, 1.807) is 6.92 Å². The summed E-state index contributed by atoms with van der Waals surface area (Å²) in [7, 11) is -3.81. The Labute approximate surface area is 120 Å². The third-order valence-corrected chi connectivity index (χ3v) is 4.70. The van der Waals surface area contributed by atoms with Crippen molar-refractivity contribution in [1.29, 1.82) is 0 Å². The first kappa shape index (κ1) is 16.0. The molecule has 0 aliphatic heterocycles. The Hall–Kier alpha value is -1.08. The molecule has 0 unspecified atom stereocenters. The van der Waals surface area contributed by atoms with Crippen molar-refractivity contribution < 1.29 is 18.3 Å². The van der Waals surface area contributed by atoms with E-state index in [1.807, 2.05) is 0 Å². The molecule has 1 aromatic rings. The summed E-state index contributed by atoms with van der Waals surface area (Å²) in [5, 5.41) is 8.79.